The summed E-state index contributed by atoms with van der Waals surface area (Å²) >= 11 is 0. The second kappa shape index (κ2) is 5.14. The molecule has 1 aromatic carbocycles. The van der Waals surface area contributed by atoms with E-state index in [0.29, 0.717) is 25.1 Å². The molecule has 1 aromatic rings. The van der Waals surface area contributed by atoms with Crippen LogP contribution in [0.3, 0.4) is 0 Å². The third kappa shape index (κ3) is 2.11. The van der Waals surface area contributed by atoms with Gasteiger partial charge in [-0.15, -0.1) is 0 Å². The van der Waals surface area contributed by atoms with Crippen molar-refractivity contribution >= 4 is 11.6 Å². The summed E-state index contributed by atoms with van der Waals surface area (Å²) in [6.07, 6.45) is 2.09. The fraction of sp³-hybridized carbons (Fsp3) is 0.533. The lowest BCUT2D eigenvalue weighted by Gasteiger charge is -2.37. The van der Waals surface area contributed by atoms with Crippen molar-refractivity contribution in [3.63, 3.8) is 0 Å². The highest BCUT2D eigenvalue weighted by molar-refractivity contribution is 6.01. The molecule has 108 valence electrons. The fourth-order valence-electron chi connectivity index (χ4n) is 3.15. The fourth-order valence-corrected chi connectivity index (χ4v) is 3.15. The van der Waals surface area contributed by atoms with Gasteiger partial charge in [0.15, 0.2) is 0 Å². The largest absolute Gasteiger partial charge is 0.368 e. The number of piperidine rings is 1. The van der Waals surface area contributed by atoms with Gasteiger partial charge in [-0.05, 0) is 50.0 Å². The SMILES string of the molecule is COC1(C(=O)N2CCc3ccc(F)cc32)CCNCC1. The number of fused-ring (bicyclic) bond motifs is 1. The predicted molar refractivity (Wildman–Crippen MR) is 74.3 cm³/mol. The van der Waals surface area contributed by atoms with Crippen LogP contribution in [0.4, 0.5) is 10.1 Å². The standard InChI is InChI=1S/C15H19FN2O2/c1-20-15(5-7-17-8-6-15)14(19)18-9-4-11-2-3-12(16)10-13(11)18/h2-3,10,17H,4-9H2,1H3. The van der Waals surface area contributed by atoms with Gasteiger partial charge in [0.05, 0.1) is 0 Å². The molecule has 2 aliphatic rings. The summed E-state index contributed by atoms with van der Waals surface area (Å²) < 4.78 is 19.0. The zero-order valence-corrected chi connectivity index (χ0v) is 11.6. The summed E-state index contributed by atoms with van der Waals surface area (Å²) in [7, 11) is 1.59. The molecule has 1 fully saturated rings. The van der Waals surface area contributed by atoms with E-state index in [1.165, 1.54) is 12.1 Å². The molecule has 0 aliphatic carbocycles. The molecule has 0 unspecified atom stereocenters. The Hall–Kier alpha value is -1.46. The average molecular weight is 278 g/mol. The zero-order valence-electron chi connectivity index (χ0n) is 11.6. The van der Waals surface area contributed by atoms with Crippen molar-refractivity contribution in [1.29, 1.82) is 0 Å². The number of benzene rings is 1. The molecule has 5 heteroatoms. The maximum absolute atomic E-state index is 13.4. The predicted octanol–water partition coefficient (Wildman–Crippen LogP) is 1.48. The average Bonchev–Trinajstić information content (AvgIpc) is 2.90. The van der Waals surface area contributed by atoms with E-state index in [9.17, 15) is 9.18 Å². The van der Waals surface area contributed by atoms with Gasteiger partial charge in [-0.1, -0.05) is 6.07 Å². The highest BCUT2D eigenvalue weighted by atomic mass is 19.1. The Balaban J connectivity index is 1.90. The van der Waals surface area contributed by atoms with E-state index in [1.807, 2.05) is 0 Å². The second-order valence-electron chi connectivity index (χ2n) is 5.43. The Labute approximate surface area is 117 Å². The normalized spacial score (nSPS) is 20.8. The minimum absolute atomic E-state index is 0.0362. The summed E-state index contributed by atoms with van der Waals surface area (Å²) in [6, 6.07) is 4.66. The second-order valence-corrected chi connectivity index (χ2v) is 5.43. The summed E-state index contributed by atoms with van der Waals surface area (Å²) in [5, 5.41) is 3.24. The first-order valence-corrected chi connectivity index (χ1v) is 7.02. The van der Waals surface area contributed by atoms with Crippen molar-refractivity contribution in [2.24, 2.45) is 0 Å². The van der Waals surface area contributed by atoms with Crippen LogP contribution in [-0.2, 0) is 16.0 Å². The molecule has 4 nitrogen and oxygen atoms in total. The number of nitrogens with one attached hydrogen (secondary N) is 1. The molecule has 0 atom stereocenters. The minimum atomic E-state index is -0.765. The number of rotatable bonds is 2. The van der Waals surface area contributed by atoms with E-state index in [4.69, 9.17) is 4.74 Å². The Morgan fingerprint density at radius 1 is 1.40 bits per heavy atom. The van der Waals surface area contributed by atoms with E-state index < -0.39 is 5.60 Å². The van der Waals surface area contributed by atoms with Gasteiger partial charge in [0.2, 0.25) is 0 Å². The van der Waals surface area contributed by atoms with Crippen LogP contribution >= 0.6 is 0 Å². The summed E-state index contributed by atoms with van der Waals surface area (Å²) in [6.45, 7) is 2.14. The zero-order chi connectivity index (χ0) is 14.2. The number of methoxy groups -OCH3 is 1. The number of hydrogen-bond donors (Lipinski definition) is 1. The van der Waals surface area contributed by atoms with Gasteiger partial charge in [-0.3, -0.25) is 4.79 Å². The van der Waals surface area contributed by atoms with Crippen LogP contribution < -0.4 is 10.2 Å². The van der Waals surface area contributed by atoms with Crippen LogP contribution in [-0.4, -0.2) is 38.3 Å². The molecule has 0 bridgehead atoms. The van der Waals surface area contributed by atoms with Crippen molar-refractivity contribution in [3.05, 3.63) is 29.6 Å². The Morgan fingerprint density at radius 2 is 2.15 bits per heavy atom. The summed E-state index contributed by atoms with van der Waals surface area (Å²) in [5.41, 5.74) is 0.962. The lowest BCUT2D eigenvalue weighted by molar-refractivity contribution is -0.143. The molecule has 1 saturated heterocycles. The number of anilines is 1. The number of halogens is 1. The quantitative estimate of drug-likeness (QED) is 0.891. The van der Waals surface area contributed by atoms with Crippen molar-refractivity contribution in [2.45, 2.75) is 24.9 Å². The van der Waals surface area contributed by atoms with Gasteiger partial charge < -0.3 is 15.0 Å². The molecule has 1 N–H and O–H groups in total. The highest BCUT2D eigenvalue weighted by Gasteiger charge is 2.44. The topological polar surface area (TPSA) is 41.6 Å². The Morgan fingerprint density at radius 3 is 2.85 bits per heavy atom. The number of carbonyl (C=O) groups excluding carboxylic acids is 1. The molecule has 0 saturated carbocycles. The molecule has 1 amide bonds. The monoisotopic (exact) mass is 278 g/mol. The van der Waals surface area contributed by atoms with Gasteiger partial charge in [-0.25, -0.2) is 4.39 Å². The lowest BCUT2D eigenvalue weighted by atomic mass is 9.90. The molecular formula is C15H19FN2O2. The van der Waals surface area contributed by atoms with Crippen LogP contribution in [0.1, 0.15) is 18.4 Å². The van der Waals surface area contributed by atoms with E-state index in [0.717, 1.165) is 25.1 Å². The summed E-state index contributed by atoms with van der Waals surface area (Å²) in [5.74, 6) is -0.342. The Kier molecular flexibility index (Phi) is 3.48. The van der Waals surface area contributed by atoms with Crippen molar-refractivity contribution < 1.29 is 13.9 Å². The molecule has 2 heterocycles. The van der Waals surface area contributed by atoms with Crippen molar-refractivity contribution in [2.75, 3.05) is 31.6 Å². The molecule has 3 rings (SSSR count). The van der Waals surface area contributed by atoms with Crippen molar-refractivity contribution in [3.8, 4) is 0 Å². The molecule has 20 heavy (non-hydrogen) atoms. The van der Waals surface area contributed by atoms with Gasteiger partial charge in [0.25, 0.3) is 5.91 Å². The number of hydrogen-bond acceptors (Lipinski definition) is 3. The smallest absolute Gasteiger partial charge is 0.259 e. The number of amides is 1. The first kappa shape index (κ1) is 13.5. The highest BCUT2D eigenvalue weighted by Crippen LogP contribution is 2.34. The maximum Gasteiger partial charge on any atom is 0.259 e. The van der Waals surface area contributed by atoms with Gasteiger partial charge in [-0.2, -0.15) is 0 Å². The first-order chi connectivity index (χ1) is 9.66. The first-order valence-electron chi connectivity index (χ1n) is 7.02. The van der Waals surface area contributed by atoms with Gasteiger partial charge in [0.1, 0.15) is 11.4 Å². The number of nitrogens with zero attached hydrogens (tertiary/aromatic N) is 1. The van der Waals surface area contributed by atoms with E-state index >= 15 is 0 Å². The van der Waals surface area contributed by atoms with E-state index in [-0.39, 0.29) is 11.7 Å². The Bertz CT molecular complexity index is 527. The number of ether oxygens (including phenoxy) is 1. The third-order valence-electron chi connectivity index (χ3n) is 4.38. The van der Waals surface area contributed by atoms with Crippen molar-refractivity contribution in [1.82, 2.24) is 5.32 Å². The van der Waals surface area contributed by atoms with Crippen LogP contribution in [0.5, 0.6) is 0 Å². The van der Waals surface area contributed by atoms with Crippen LogP contribution in [0.25, 0.3) is 0 Å². The molecular weight excluding hydrogens is 259 g/mol. The third-order valence-corrected chi connectivity index (χ3v) is 4.38. The van der Waals surface area contributed by atoms with Crippen LogP contribution in [0.15, 0.2) is 18.2 Å². The number of carbonyl (C=O) groups is 1. The van der Waals surface area contributed by atoms with Crippen LogP contribution in [0.2, 0.25) is 0 Å². The minimum Gasteiger partial charge on any atom is -0.368 e. The summed E-state index contributed by atoms with van der Waals surface area (Å²) in [4.78, 5) is 14.6. The molecule has 0 aromatic heterocycles. The molecule has 0 radical (unpaired) electrons. The molecule has 0 spiro atoms. The van der Waals surface area contributed by atoms with Crippen LogP contribution in [0, 0.1) is 5.82 Å². The van der Waals surface area contributed by atoms with Gasteiger partial charge in [0, 0.05) is 19.3 Å². The maximum atomic E-state index is 13.4. The lowest BCUT2D eigenvalue weighted by Crippen LogP contribution is -2.55. The molecule has 2 aliphatic heterocycles. The van der Waals surface area contributed by atoms with E-state index in [1.54, 1.807) is 18.1 Å². The van der Waals surface area contributed by atoms with Gasteiger partial charge >= 0.3 is 0 Å². The van der Waals surface area contributed by atoms with E-state index in [2.05, 4.69) is 5.32 Å².